The summed E-state index contributed by atoms with van der Waals surface area (Å²) in [6.45, 7) is 0. The van der Waals surface area contributed by atoms with Crippen LogP contribution in [0.5, 0.6) is 11.5 Å². The van der Waals surface area contributed by atoms with Crippen LogP contribution in [0.25, 0.3) is 11.1 Å². The van der Waals surface area contributed by atoms with Gasteiger partial charge in [-0.15, -0.1) is 0 Å². The van der Waals surface area contributed by atoms with Gasteiger partial charge in [0.2, 0.25) is 0 Å². The molecule has 1 heterocycles. The van der Waals surface area contributed by atoms with Crippen LogP contribution in [0.2, 0.25) is 10.0 Å². The molecule has 1 aliphatic heterocycles. The topological polar surface area (TPSA) is 58.6 Å². The first-order valence-electron chi connectivity index (χ1n) is 7.43. The number of carbonyl (C=O) groups is 1. The fraction of sp³-hybridized carbons (Fsp3) is 0. The summed E-state index contributed by atoms with van der Waals surface area (Å²) in [6, 6.07) is 15.9. The number of para-hydroxylation sites is 1. The average molecular weight is 372 g/mol. The van der Waals surface area contributed by atoms with Crippen molar-refractivity contribution in [2.45, 2.75) is 0 Å². The van der Waals surface area contributed by atoms with Gasteiger partial charge in [-0.25, -0.2) is 4.79 Å². The van der Waals surface area contributed by atoms with E-state index in [0.717, 1.165) is 11.1 Å². The van der Waals surface area contributed by atoms with Gasteiger partial charge in [0, 0.05) is 0 Å². The van der Waals surface area contributed by atoms with E-state index in [1.165, 1.54) is 6.07 Å². The van der Waals surface area contributed by atoms with Crippen molar-refractivity contribution < 1.29 is 14.6 Å². The fourth-order valence-corrected chi connectivity index (χ4v) is 3.04. The van der Waals surface area contributed by atoms with Crippen molar-refractivity contribution in [2.24, 2.45) is 0 Å². The maximum Gasteiger partial charge on any atom is 0.337 e. The average Bonchev–Trinajstić information content (AvgIpc) is 2.61. The summed E-state index contributed by atoms with van der Waals surface area (Å²) in [5.74, 6) is 0.0705. The number of rotatable bonds is 2. The predicted octanol–water partition coefficient (Wildman–Crippen LogP) is 6.21. The Labute approximate surface area is 153 Å². The second kappa shape index (κ2) is 5.99. The van der Waals surface area contributed by atoms with Crippen molar-refractivity contribution in [1.82, 2.24) is 0 Å². The molecule has 1 aliphatic rings. The molecule has 0 aromatic heterocycles. The van der Waals surface area contributed by atoms with Crippen molar-refractivity contribution >= 4 is 40.5 Å². The second-order valence-corrected chi connectivity index (χ2v) is 6.37. The predicted molar refractivity (Wildman–Crippen MR) is 98.7 cm³/mol. The number of benzene rings is 3. The van der Waals surface area contributed by atoms with Gasteiger partial charge in [-0.2, -0.15) is 0 Å². The van der Waals surface area contributed by atoms with E-state index in [1.807, 2.05) is 24.3 Å². The Morgan fingerprint density at radius 2 is 1.68 bits per heavy atom. The van der Waals surface area contributed by atoms with Crippen LogP contribution in [0.4, 0.5) is 11.4 Å². The van der Waals surface area contributed by atoms with Crippen molar-refractivity contribution in [1.29, 1.82) is 0 Å². The normalized spacial score (nSPS) is 11.8. The highest BCUT2D eigenvalue weighted by Crippen LogP contribution is 2.45. The minimum absolute atomic E-state index is 0.164. The largest absolute Gasteiger partial charge is 0.478 e. The van der Waals surface area contributed by atoms with E-state index in [2.05, 4.69) is 5.32 Å². The minimum atomic E-state index is -1.01. The van der Waals surface area contributed by atoms with Crippen molar-refractivity contribution in [2.75, 3.05) is 5.32 Å². The van der Waals surface area contributed by atoms with E-state index in [-0.39, 0.29) is 5.56 Å². The van der Waals surface area contributed by atoms with E-state index >= 15 is 0 Å². The molecule has 6 heteroatoms. The number of ether oxygens (including phenoxy) is 1. The quantitative estimate of drug-likeness (QED) is 0.439. The molecule has 0 saturated carbocycles. The lowest BCUT2D eigenvalue weighted by molar-refractivity contribution is 0.0697. The molecule has 0 bridgehead atoms. The number of hydrogen-bond acceptors (Lipinski definition) is 3. The van der Waals surface area contributed by atoms with Crippen molar-refractivity contribution in [3.63, 3.8) is 0 Å². The number of nitrogens with one attached hydrogen (secondary N) is 1. The maximum atomic E-state index is 11.4. The Kier molecular flexibility index (Phi) is 3.79. The highest BCUT2D eigenvalue weighted by atomic mass is 35.5. The Morgan fingerprint density at radius 1 is 0.920 bits per heavy atom. The van der Waals surface area contributed by atoms with Gasteiger partial charge in [0.15, 0.2) is 11.5 Å². The van der Waals surface area contributed by atoms with Gasteiger partial charge in [0.05, 0.1) is 27.0 Å². The molecule has 3 aromatic carbocycles. The summed E-state index contributed by atoms with van der Waals surface area (Å²) in [6.07, 6.45) is 0. The van der Waals surface area contributed by atoms with Gasteiger partial charge in [-0.3, -0.25) is 0 Å². The van der Waals surface area contributed by atoms with Crippen LogP contribution in [0.1, 0.15) is 10.4 Å². The van der Waals surface area contributed by atoms with E-state index < -0.39 is 5.97 Å². The van der Waals surface area contributed by atoms with Crippen LogP contribution in [0, 0.1) is 0 Å². The Hall–Kier alpha value is -2.69. The zero-order valence-electron chi connectivity index (χ0n) is 12.7. The van der Waals surface area contributed by atoms with E-state index in [1.54, 1.807) is 24.3 Å². The molecule has 0 spiro atoms. The van der Waals surface area contributed by atoms with E-state index in [9.17, 15) is 9.90 Å². The molecule has 2 N–H and O–H groups in total. The first kappa shape index (κ1) is 15.8. The maximum absolute atomic E-state index is 11.4. The molecule has 25 heavy (non-hydrogen) atoms. The van der Waals surface area contributed by atoms with E-state index in [4.69, 9.17) is 27.9 Å². The lowest BCUT2D eigenvalue weighted by Crippen LogP contribution is -2.08. The molecule has 0 saturated heterocycles. The number of fused-ring (bicyclic) bond motifs is 2. The van der Waals surface area contributed by atoms with Crippen LogP contribution in [0.15, 0.2) is 54.6 Å². The molecule has 0 amide bonds. The first-order valence-corrected chi connectivity index (χ1v) is 8.19. The third kappa shape index (κ3) is 2.80. The number of carboxylic acids is 1. The smallest absolute Gasteiger partial charge is 0.337 e. The number of hydrogen-bond donors (Lipinski definition) is 2. The van der Waals surface area contributed by atoms with Crippen LogP contribution in [-0.4, -0.2) is 11.1 Å². The molecular weight excluding hydrogens is 361 g/mol. The standard InChI is InChI=1S/C19H11Cl2NO3/c20-13-6-4-10(8-14(13)21)11-5-7-15-17(9-11)25-16-3-1-2-12(19(23)24)18(16)22-15/h1-9,22H,(H,23,24). The van der Waals surface area contributed by atoms with Crippen molar-refractivity contribution in [3.05, 3.63) is 70.2 Å². The third-order valence-electron chi connectivity index (χ3n) is 3.97. The molecule has 4 rings (SSSR count). The van der Waals surface area contributed by atoms with Gasteiger partial charge in [-0.05, 0) is 47.5 Å². The molecule has 3 aromatic rings. The van der Waals surface area contributed by atoms with Gasteiger partial charge in [0.25, 0.3) is 0 Å². The monoisotopic (exact) mass is 371 g/mol. The third-order valence-corrected chi connectivity index (χ3v) is 4.71. The lowest BCUT2D eigenvalue weighted by atomic mass is 10.0. The molecule has 0 radical (unpaired) electrons. The Morgan fingerprint density at radius 3 is 2.44 bits per heavy atom. The summed E-state index contributed by atoms with van der Waals surface area (Å²) in [4.78, 5) is 11.4. The van der Waals surface area contributed by atoms with Gasteiger partial charge < -0.3 is 15.2 Å². The Balaban J connectivity index is 1.75. The Bertz CT molecular complexity index is 1020. The summed E-state index contributed by atoms with van der Waals surface area (Å²) in [7, 11) is 0. The summed E-state index contributed by atoms with van der Waals surface area (Å²) in [5, 5.41) is 13.4. The van der Waals surface area contributed by atoms with Gasteiger partial charge >= 0.3 is 5.97 Å². The van der Waals surface area contributed by atoms with Crippen molar-refractivity contribution in [3.8, 4) is 22.6 Å². The fourth-order valence-electron chi connectivity index (χ4n) is 2.74. The minimum Gasteiger partial charge on any atom is -0.478 e. The molecule has 0 aliphatic carbocycles. The molecular formula is C19H11Cl2NO3. The second-order valence-electron chi connectivity index (χ2n) is 5.55. The van der Waals surface area contributed by atoms with Crippen LogP contribution >= 0.6 is 23.2 Å². The van der Waals surface area contributed by atoms with Crippen LogP contribution in [0.3, 0.4) is 0 Å². The summed E-state index contributed by atoms with van der Waals surface area (Å²) < 4.78 is 5.90. The van der Waals surface area contributed by atoms with Gasteiger partial charge in [0.1, 0.15) is 0 Å². The van der Waals surface area contributed by atoms with Crippen LogP contribution in [-0.2, 0) is 0 Å². The zero-order valence-corrected chi connectivity index (χ0v) is 14.2. The number of aromatic carboxylic acids is 1. The highest BCUT2D eigenvalue weighted by molar-refractivity contribution is 6.42. The number of carboxylic acid groups (broad SMARTS) is 1. The molecule has 0 fully saturated rings. The lowest BCUT2D eigenvalue weighted by Gasteiger charge is -2.23. The zero-order chi connectivity index (χ0) is 17.6. The first-order chi connectivity index (χ1) is 12.0. The molecule has 4 nitrogen and oxygen atoms in total. The number of halogens is 2. The highest BCUT2D eigenvalue weighted by Gasteiger charge is 2.22. The summed E-state index contributed by atoms with van der Waals surface area (Å²) >= 11 is 12.1. The van der Waals surface area contributed by atoms with Crippen LogP contribution < -0.4 is 10.1 Å². The SMILES string of the molecule is O=C(O)c1cccc2c1Nc1ccc(-c3ccc(Cl)c(Cl)c3)cc1O2. The number of anilines is 2. The molecule has 0 unspecified atom stereocenters. The summed E-state index contributed by atoms with van der Waals surface area (Å²) in [5.41, 5.74) is 3.13. The molecule has 124 valence electrons. The molecule has 0 atom stereocenters. The van der Waals surface area contributed by atoms with E-state index in [0.29, 0.717) is 32.9 Å². The van der Waals surface area contributed by atoms with Gasteiger partial charge in [-0.1, -0.05) is 41.4 Å².